The molecule has 9 atom stereocenters. The molecule has 1 aromatic heterocycles. The molecule has 0 radical (unpaired) electrons. The smallest absolute Gasteiger partial charge is 0.335 e. The van der Waals surface area contributed by atoms with Crippen LogP contribution in [0.15, 0.2) is 27.6 Å². The molecule has 0 spiro atoms. The van der Waals surface area contributed by atoms with Gasteiger partial charge in [-0.25, -0.2) is 4.79 Å². The van der Waals surface area contributed by atoms with Gasteiger partial charge in [0, 0.05) is 11.5 Å². The lowest BCUT2D eigenvalue weighted by Crippen LogP contribution is -2.62. The summed E-state index contributed by atoms with van der Waals surface area (Å²) in [7, 11) is 0. The first-order valence-corrected chi connectivity index (χ1v) is 14.2. The van der Waals surface area contributed by atoms with Crippen LogP contribution < -0.4 is 11.4 Å². The summed E-state index contributed by atoms with van der Waals surface area (Å²) in [5.74, 6) is 1.63. The lowest BCUT2D eigenvalue weighted by molar-refractivity contribution is -0.207. The van der Waals surface area contributed by atoms with Gasteiger partial charge >= 0.3 is 11.6 Å². The van der Waals surface area contributed by atoms with Crippen LogP contribution in [0.2, 0.25) is 0 Å². The highest BCUT2D eigenvalue weighted by atomic mass is 16.5. The number of aliphatic hydroxyl groups is 1. The van der Waals surface area contributed by atoms with E-state index in [1.165, 1.54) is 6.07 Å². The molecule has 0 amide bonds. The molecule has 0 saturated heterocycles. The van der Waals surface area contributed by atoms with E-state index in [0.29, 0.717) is 24.2 Å². The summed E-state index contributed by atoms with van der Waals surface area (Å²) in [6, 6.07) is 2.87. The third kappa shape index (κ3) is 4.07. The SMILES string of the molecule is CC(C)C[C@@H](N)C(=O)O[C@H]1CC[C@@]2(C)[C@H](CC[C@@H]3[C@@H]2CC[C@]2(C)[C@@H](c4ccc(=O)oc4)CC[C@]32O)C1. The molecule has 6 heteroatoms. The first-order valence-electron chi connectivity index (χ1n) is 14.2. The van der Waals surface area contributed by atoms with E-state index in [1.807, 2.05) is 6.07 Å². The molecule has 0 unspecified atom stereocenters. The van der Waals surface area contributed by atoms with Crippen molar-refractivity contribution in [3.63, 3.8) is 0 Å². The molecule has 4 fully saturated rings. The number of ether oxygens (including phenoxy) is 1. The summed E-state index contributed by atoms with van der Waals surface area (Å²) in [4.78, 5) is 24.1. The van der Waals surface area contributed by atoms with Gasteiger partial charge in [-0.3, -0.25) is 4.79 Å². The van der Waals surface area contributed by atoms with Gasteiger partial charge in [-0.1, -0.05) is 27.7 Å². The van der Waals surface area contributed by atoms with Crippen molar-refractivity contribution in [3.05, 3.63) is 34.4 Å². The van der Waals surface area contributed by atoms with E-state index in [2.05, 4.69) is 27.7 Å². The summed E-state index contributed by atoms with van der Waals surface area (Å²) < 4.78 is 11.1. The Hall–Kier alpha value is -1.66. The zero-order valence-electron chi connectivity index (χ0n) is 22.5. The van der Waals surface area contributed by atoms with Crippen molar-refractivity contribution in [2.45, 2.75) is 116 Å². The Labute approximate surface area is 215 Å². The van der Waals surface area contributed by atoms with Gasteiger partial charge in [0.05, 0.1) is 11.9 Å². The first kappa shape index (κ1) is 26.0. The molecule has 5 rings (SSSR count). The number of fused-ring (bicyclic) bond motifs is 5. The maximum Gasteiger partial charge on any atom is 0.335 e. The van der Waals surface area contributed by atoms with Crippen LogP contribution >= 0.6 is 0 Å². The van der Waals surface area contributed by atoms with Crippen molar-refractivity contribution in [2.24, 2.45) is 40.2 Å². The normalized spacial score (nSPS) is 42.8. The minimum absolute atomic E-state index is 0.0362. The second-order valence-electron chi connectivity index (χ2n) is 13.4. The quantitative estimate of drug-likeness (QED) is 0.542. The Morgan fingerprint density at radius 2 is 1.89 bits per heavy atom. The molecule has 0 aromatic carbocycles. The van der Waals surface area contributed by atoms with E-state index in [0.717, 1.165) is 63.4 Å². The molecule has 3 N–H and O–H groups in total. The zero-order valence-corrected chi connectivity index (χ0v) is 22.5. The van der Waals surface area contributed by atoms with Crippen molar-refractivity contribution in [2.75, 3.05) is 0 Å². The van der Waals surface area contributed by atoms with Crippen molar-refractivity contribution < 1.29 is 19.1 Å². The minimum atomic E-state index is -0.697. The van der Waals surface area contributed by atoms with Crippen LogP contribution in [0.25, 0.3) is 0 Å². The fourth-order valence-corrected chi connectivity index (χ4v) is 9.25. The molecule has 4 saturated carbocycles. The van der Waals surface area contributed by atoms with Gasteiger partial charge in [0.2, 0.25) is 0 Å². The largest absolute Gasteiger partial charge is 0.461 e. The van der Waals surface area contributed by atoms with Crippen LogP contribution in [-0.2, 0) is 9.53 Å². The molecule has 0 bridgehead atoms. The van der Waals surface area contributed by atoms with Gasteiger partial charge in [0.1, 0.15) is 12.1 Å². The highest BCUT2D eigenvalue weighted by Crippen LogP contribution is 2.70. The van der Waals surface area contributed by atoms with E-state index < -0.39 is 11.6 Å². The second kappa shape index (κ2) is 9.27. The third-order valence-electron chi connectivity index (χ3n) is 11.2. The Balaban J connectivity index is 1.30. The fourth-order valence-electron chi connectivity index (χ4n) is 9.25. The van der Waals surface area contributed by atoms with Gasteiger partial charge < -0.3 is 20.0 Å². The van der Waals surface area contributed by atoms with Crippen LogP contribution in [0.1, 0.15) is 103 Å². The van der Waals surface area contributed by atoms with Gasteiger partial charge in [0.25, 0.3) is 0 Å². The summed E-state index contributed by atoms with van der Waals surface area (Å²) in [6.07, 6.45) is 11.0. The Morgan fingerprint density at radius 3 is 2.58 bits per heavy atom. The number of esters is 1. The molecule has 1 aromatic rings. The predicted molar refractivity (Wildman–Crippen MR) is 138 cm³/mol. The number of nitrogens with two attached hydrogens (primary N) is 1. The van der Waals surface area contributed by atoms with E-state index in [9.17, 15) is 14.7 Å². The van der Waals surface area contributed by atoms with Crippen molar-refractivity contribution in [1.82, 2.24) is 0 Å². The fraction of sp³-hybridized carbons (Fsp3) is 0.800. The Morgan fingerprint density at radius 1 is 1.11 bits per heavy atom. The zero-order chi connectivity index (χ0) is 25.9. The van der Waals surface area contributed by atoms with Crippen LogP contribution in [0, 0.1) is 34.5 Å². The molecule has 1 heterocycles. The van der Waals surface area contributed by atoms with E-state index >= 15 is 0 Å². The standard InChI is InChI=1S/C30H45NO5/c1-18(2)15-25(31)27(33)36-21-9-12-28(3)20(16-21)6-7-24-23(28)10-13-29(4)22(11-14-30(24,29)34)19-5-8-26(32)35-17-19/h5,8,17-18,20-25,34H,6-7,9-16,31H2,1-4H3/t20-,21+,22-,23+,24-,25-,28+,29-,30+/m1/s1. The maximum atomic E-state index is 12.6. The highest BCUT2D eigenvalue weighted by Gasteiger charge is 2.67. The summed E-state index contributed by atoms with van der Waals surface area (Å²) in [5.41, 5.74) is 6.07. The van der Waals surface area contributed by atoms with Crippen LogP contribution in [-0.4, -0.2) is 28.8 Å². The van der Waals surface area contributed by atoms with Crippen molar-refractivity contribution >= 4 is 5.97 Å². The van der Waals surface area contributed by atoms with E-state index in [-0.39, 0.29) is 40.4 Å². The van der Waals surface area contributed by atoms with Crippen LogP contribution in [0.3, 0.4) is 0 Å². The van der Waals surface area contributed by atoms with Gasteiger partial charge in [0.15, 0.2) is 0 Å². The van der Waals surface area contributed by atoms with Crippen molar-refractivity contribution in [3.8, 4) is 0 Å². The second-order valence-corrected chi connectivity index (χ2v) is 13.4. The first-order chi connectivity index (χ1) is 17.0. The lowest BCUT2D eigenvalue weighted by atomic mass is 9.43. The number of hydrogen-bond donors (Lipinski definition) is 2. The molecule has 0 aliphatic heterocycles. The van der Waals surface area contributed by atoms with E-state index in [1.54, 1.807) is 6.26 Å². The summed E-state index contributed by atoms with van der Waals surface area (Å²) >= 11 is 0. The Bertz CT molecular complexity index is 1020. The molecule has 200 valence electrons. The molecule has 4 aliphatic carbocycles. The topological polar surface area (TPSA) is 103 Å². The monoisotopic (exact) mass is 499 g/mol. The van der Waals surface area contributed by atoms with Gasteiger partial charge in [-0.2, -0.15) is 0 Å². The predicted octanol–water partition coefficient (Wildman–Crippen LogP) is 5.17. The minimum Gasteiger partial charge on any atom is -0.461 e. The van der Waals surface area contributed by atoms with Crippen molar-refractivity contribution in [1.29, 1.82) is 0 Å². The lowest BCUT2D eigenvalue weighted by Gasteiger charge is -2.63. The van der Waals surface area contributed by atoms with Gasteiger partial charge in [-0.15, -0.1) is 0 Å². The van der Waals surface area contributed by atoms with Gasteiger partial charge in [-0.05, 0) is 111 Å². The summed E-state index contributed by atoms with van der Waals surface area (Å²) in [6.45, 7) is 8.87. The number of carbonyl (C=O) groups is 1. The highest BCUT2D eigenvalue weighted by molar-refractivity contribution is 5.75. The molecule has 36 heavy (non-hydrogen) atoms. The van der Waals surface area contributed by atoms with Crippen LogP contribution in [0.5, 0.6) is 0 Å². The number of carbonyl (C=O) groups excluding carboxylic acids is 1. The molecular weight excluding hydrogens is 454 g/mol. The molecule has 6 nitrogen and oxygen atoms in total. The average molecular weight is 500 g/mol. The van der Waals surface area contributed by atoms with Crippen LogP contribution in [0.4, 0.5) is 0 Å². The maximum absolute atomic E-state index is 12.6. The molecular formula is C30H45NO5. The summed E-state index contributed by atoms with van der Waals surface area (Å²) in [5, 5.41) is 12.4. The van der Waals surface area contributed by atoms with E-state index in [4.69, 9.17) is 14.9 Å². The Kier molecular flexibility index (Phi) is 6.68. The average Bonchev–Trinajstić information content (AvgIpc) is 3.10. The molecule has 4 aliphatic rings. The third-order valence-corrected chi connectivity index (χ3v) is 11.2. The number of hydrogen-bond acceptors (Lipinski definition) is 6. The number of rotatable bonds is 5.